The number of amides is 1. The molecular formula is C19H29NO2. The predicted molar refractivity (Wildman–Crippen MR) is 92.8 cm³/mol. The highest BCUT2D eigenvalue weighted by atomic mass is 16.3. The Morgan fingerprint density at radius 3 is 2.36 bits per heavy atom. The molecule has 0 heterocycles. The minimum atomic E-state index is -0.105. The number of aromatic hydroxyl groups is 1. The highest BCUT2D eigenvalue weighted by Crippen LogP contribution is 2.16. The Morgan fingerprint density at radius 2 is 1.68 bits per heavy atom. The lowest BCUT2D eigenvalue weighted by atomic mass is 10.1. The number of carbonyl (C=O) groups is 1. The maximum absolute atomic E-state index is 11.7. The number of hydrogen-bond acceptors (Lipinski definition) is 2. The summed E-state index contributed by atoms with van der Waals surface area (Å²) in [7, 11) is 0. The Kier molecular flexibility index (Phi) is 9.84. The molecule has 0 bridgehead atoms. The minimum Gasteiger partial charge on any atom is -0.507 e. The van der Waals surface area contributed by atoms with Crippen LogP contribution in [-0.4, -0.2) is 17.6 Å². The Labute approximate surface area is 134 Å². The lowest BCUT2D eigenvalue weighted by Gasteiger charge is -2.03. The third-order valence-electron chi connectivity index (χ3n) is 3.68. The molecule has 0 unspecified atom stereocenters. The van der Waals surface area contributed by atoms with Crippen molar-refractivity contribution in [2.45, 2.75) is 58.3 Å². The van der Waals surface area contributed by atoms with Crippen molar-refractivity contribution in [3.8, 4) is 5.75 Å². The summed E-state index contributed by atoms with van der Waals surface area (Å²) in [6, 6.07) is 6.97. The van der Waals surface area contributed by atoms with E-state index in [1.807, 2.05) is 6.07 Å². The normalized spacial score (nSPS) is 11.0. The van der Waals surface area contributed by atoms with E-state index in [9.17, 15) is 9.90 Å². The molecule has 1 rings (SSSR count). The summed E-state index contributed by atoms with van der Waals surface area (Å²) in [5.74, 6) is 0.0841. The molecule has 0 aromatic heterocycles. The van der Waals surface area contributed by atoms with Crippen LogP contribution in [0.2, 0.25) is 0 Å². The molecule has 2 N–H and O–H groups in total. The van der Waals surface area contributed by atoms with Crippen molar-refractivity contribution in [1.82, 2.24) is 5.32 Å². The van der Waals surface area contributed by atoms with Crippen LogP contribution in [0.15, 0.2) is 30.3 Å². The number of benzene rings is 1. The average Bonchev–Trinajstić information content (AvgIpc) is 2.52. The third kappa shape index (κ3) is 8.50. The molecule has 0 atom stereocenters. The second kappa shape index (κ2) is 11.8. The quantitative estimate of drug-likeness (QED) is 0.461. The molecule has 1 aromatic rings. The summed E-state index contributed by atoms with van der Waals surface area (Å²) in [5, 5.41) is 12.5. The first kappa shape index (κ1) is 18.3. The van der Waals surface area contributed by atoms with Crippen molar-refractivity contribution in [1.29, 1.82) is 0 Å². The van der Waals surface area contributed by atoms with E-state index in [1.165, 1.54) is 51.0 Å². The molecule has 0 fully saturated rings. The van der Waals surface area contributed by atoms with Gasteiger partial charge in [0.1, 0.15) is 5.75 Å². The Bertz CT molecular complexity index is 455. The number of phenolic OH excluding ortho intramolecular Hbond substituents is 1. The van der Waals surface area contributed by atoms with Crippen LogP contribution >= 0.6 is 0 Å². The van der Waals surface area contributed by atoms with Crippen LogP contribution < -0.4 is 5.32 Å². The standard InChI is InChI=1S/C19H29NO2/c1-2-3-4-5-6-7-8-11-16-20-19(22)15-14-17-12-9-10-13-18(17)21/h9-10,12-15,21H,2-8,11,16H2,1H3,(H,20,22)/b15-14+. The SMILES string of the molecule is CCCCCCCCCCNC(=O)/C=C/c1ccccc1O. The molecule has 122 valence electrons. The number of rotatable bonds is 11. The van der Waals surface area contributed by atoms with Gasteiger partial charge in [-0.2, -0.15) is 0 Å². The second-order valence-corrected chi connectivity index (χ2v) is 5.66. The predicted octanol–water partition coefficient (Wildman–Crippen LogP) is 4.66. The molecule has 22 heavy (non-hydrogen) atoms. The molecule has 3 nitrogen and oxygen atoms in total. The number of nitrogens with one attached hydrogen (secondary N) is 1. The molecule has 0 spiro atoms. The van der Waals surface area contributed by atoms with Crippen LogP contribution in [0.25, 0.3) is 6.08 Å². The summed E-state index contributed by atoms with van der Waals surface area (Å²) < 4.78 is 0. The van der Waals surface area contributed by atoms with Crippen molar-refractivity contribution in [2.24, 2.45) is 0 Å². The maximum atomic E-state index is 11.7. The van der Waals surface area contributed by atoms with Crippen molar-refractivity contribution in [3.05, 3.63) is 35.9 Å². The zero-order valence-corrected chi connectivity index (χ0v) is 13.7. The van der Waals surface area contributed by atoms with Crippen molar-refractivity contribution >= 4 is 12.0 Å². The van der Waals surface area contributed by atoms with Crippen molar-refractivity contribution in [3.63, 3.8) is 0 Å². The van der Waals surface area contributed by atoms with Crippen molar-refractivity contribution in [2.75, 3.05) is 6.54 Å². The molecule has 0 saturated carbocycles. The monoisotopic (exact) mass is 303 g/mol. The van der Waals surface area contributed by atoms with Gasteiger partial charge in [0.2, 0.25) is 5.91 Å². The Balaban J connectivity index is 2.05. The van der Waals surface area contributed by atoms with E-state index in [4.69, 9.17) is 0 Å². The van der Waals surface area contributed by atoms with E-state index >= 15 is 0 Å². The molecule has 3 heteroatoms. The number of unbranched alkanes of at least 4 members (excludes halogenated alkanes) is 7. The molecule has 0 saturated heterocycles. The Hall–Kier alpha value is -1.77. The van der Waals surface area contributed by atoms with Gasteiger partial charge < -0.3 is 10.4 Å². The molecule has 0 aliphatic heterocycles. The molecule has 1 aromatic carbocycles. The van der Waals surface area contributed by atoms with E-state index in [2.05, 4.69) is 12.2 Å². The van der Waals surface area contributed by atoms with Crippen LogP contribution in [0.3, 0.4) is 0 Å². The Morgan fingerprint density at radius 1 is 1.05 bits per heavy atom. The van der Waals surface area contributed by atoms with Crippen LogP contribution in [0.1, 0.15) is 63.9 Å². The van der Waals surface area contributed by atoms with Gasteiger partial charge in [-0.1, -0.05) is 70.1 Å². The summed E-state index contributed by atoms with van der Waals surface area (Å²) in [4.78, 5) is 11.7. The average molecular weight is 303 g/mol. The van der Waals surface area contributed by atoms with Crippen LogP contribution in [-0.2, 0) is 4.79 Å². The number of carbonyl (C=O) groups excluding carboxylic acids is 1. The van der Waals surface area contributed by atoms with E-state index < -0.39 is 0 Å². The largest absolute Gasteiger partial charge is 0.507 e. The molecule has 1 amide bonds. The topological polar surface area (TPSA) is 49.3 Å². The van der Waals surface area contributed by atoms with E-state index in [0.29, 0.717) is 5.56 Å². The number of phenols is 1. The molecule has 0 aliphatic carbocycles. The van der Waals surface area contributed by atoms with Gasteiger partial charge in [0, 0.05) is 18.2 Å². The summed E-state index contributed by atoms with van der Waals surface area (Å²) in [5.41, 5.74) is 0.657. The highest BCUT2D eigenvalue weighted by molar-refractivity contribution is 5.92. The van der Waals surface area contributed by atoms with Gasteiger partial charge >= 0.3 is 0 Å². The summed E-state index contributed by atoms with van der Waals surface area (Å²) in [6.45, 7) is 2.95. The first-order chi connectivity index (χ1) is 10.7. The first-order valence-corrected chi connectivity index (χ1v) is 8.48. The van der Waals surface area contributed by atoms with Gasteiger partial charge in [0.05, 0.1) is 0 Å². The van der Waals surface area contributed by atoms with E-state index in [-0.39, 0.29) is 11.7 Å². The zero-order valence-electron chi connectivity index (χ0n) is 13.7. The van der Waals surface area contributed by atoms with Gasteiger partial charge in [-0.15, -0.1) is 0 Å². The van der Waals surface area contributed by atoms with Crippen LogP contribution in [0.5, 0.6) is 5.75 Å². The van der Waals surface area contributed by atoms with Crippen LogP contribution in [0, 0.1) is 0 Å². The smallest absolute Gasteiger partial charge is 0.244 e. The molecule has 0 radical (unpaired) electrons. The van der Waals surface area contributed by atoms with Gasteiger partial charge in [0.25, 0.3) is 0 Å². The van der Waals surface area contributed by atoms with Crippen LogP contribution in [0.4, 0.5) is 0 Å². The molecule has 0 aliphatic rings. The zero-order chi connectivity index (χ0) is 16.0. The summed E-state index contributed by atoms with van der Waals surface area (Å²) in [6.07, 6.45) is 13.2. The second-order valence-electron chi connectivity index (χ2n) is 5.66. The minimum absolute atomic E-state index is 0.105. The lowest BCUT2D eigenvalue weighted by Crippen LogP contribution is -2.21. The fourth-order valence-corrected chi connectivity index (χ4v) is 2.32. The van der Waals surface area contributed by atoms with E-state index in [0.717, 1.165) is 13.0 Å². The van der Waals surface area contributed by atoms with Gasteiger partial charge in [0.15, 0.2) is 0 Å². The van der Waals surface area contributed by atoms with Gasteiger partial charge in [-0.25, -0.2) is 0 Å². The fraction of sp³-hybridized carbons (Fsp3) is 0.526. The first-order valence-electron chi connectivity index (χ1n) is 8.48. The van der Waals surface area contributed by atoms with Gasteiger partial charge in [-0.3, -0.25) is 4.79 Å². The fourth-order valence-electron chi connectivity index (χ4n) is 2.32. The summed E-state index contributed by atoms with van der Waals surface area (Å²) >= 11 is 0. The van der Waals surface area contributed by atoms with Crippen molar-refractivity contribution < 1.29 is 9.90 Å². The maximum Gasteiger partial charge on any atom is 0.244 e. The number of para-hydroxylation sites is 1. The lowest BCUT2D eigenvalue weighted by molar-refractivity contribution is -0.116. The third-order valence-corrected chi connectivity index (χ3v) is 3.68. The number of hydrogen-bond donors (Lipinski definition) is 2. The highest BCUT2D eigenvalue weighted by Gasteiger charge is 1.98. The van der Waals surface area contributed by atoms with E-state index in [1.54, 1.807) is 24.3 Å². The van der Waals surface area contributed by atoms with Gasteiger partial charge in [-0.05, 0) is 18.6 Å². The molecular weight excluding hydrogens is 274 g/mol.